The lowest BCUT2D eigenvalue weighted by atomic mass is 10.1. The van der Waals surface area contributed by atoms with Gasteiger partial charge in [-0.25, -0.2) is 0 Å². The van der Waals surface area contributed by atoms with Crippen LogP contribution in [0.3, 0.4) is 0 Å². The Balaban J connectivity index is 2.31. The van der Waals surface area contributed by atoms with Crippen LogP contribution in [-0.2, 0) is 10.0 Å². The molecule has 0 unspecified atom stereocenters. The maximum Gasteiger partial charge on any atom is 0.276 e. The number of hydrazone groups is 1. The third-order valence-corrected chi connectivity index (χ3v) is 5.25. The van der Waals surface area contributed by atoms with Crippen LogP contribution in [0.25, 0.3) is 0 Å². The van der Waals surface area contributed by atoms with Crippen molar-refractivity contribution in [2.24, 2.45) is 5.10 Å². The van der Waals surface area contributed by atoms with Crippen LogP contribution in [0.15, 0.2) is 55.3 Å². The summed E-state index contributed by atoms with van der Waals surface area (Å²) < 4.78 is 25.3. The molecule has 0 spiro atoms. The molecule has 2 aromatic carbocycles. The van der Waals surface area contributed by atoms with Gasteiger partial charge in [0.1, 0.15) is 11.5 Å². The third kappa shape index (κ3) is 4.24. The molecule has 2 aromatic rings. The van der Waals surface area contributed by atoms with Gasteiger partial charge in [0.15, 0.2) is 0 Å². The summed E-state index contributed by atoms with van der Waals surface area (Å²) in [5.41, 5.74) is 0.398. The Hall–Kier alpha value is -1.58. The molecule has 0 aliphatic rings. The van der Waals surface area contributed by atoms with E-state index in [2.05, 4.69) is 41.8 Å². The molecule has 23 heavy (non-hydrogen) atoms. The molecule has 0 aliphatic carbocycles. The fourth-order valence-electron chi connectivity index (χ4n) is 1.72. The smallest absolute Gasteiger partial charge is 0.276 e. The molecule has 0 bridgehead atoms. The molecule has 0 saturated heterocycles. The van der Waals surface area contributed by atoms with E-state index in [9.17, 15) is 18.6 Å². The van der Waals surface area contributed by atoms with Crippen LogP contribution < -0.4 is 4.83 Å². The van der Waals surface area contributed by atoms with Crippen LogP contribution in [0, 0.1) is 0 Å². The highest BCUT2D eigenvalue weighted by Crippen LogP contribution is 2.32. The fourth-order valence-corrected chi connectivity index (χ4v) is 3.29. The molecule has 0 radical (unpaired) electrons. The highest BCUT2D eigenvalue weighted by atomic mass is 79.9. The molecular weight excluding hydrogens is 452 g/mol. The van der Waals surface area contributed by atoms with Gasteiger partial charge in [0.2, 0.25) is 0 Å². The van der Waals surface area contributed by atoms with Crippen molar-refractivity contribution in [2.45, 2.75) is 11.8 Å². The highest BCUT2D eigenvalue weighted by Gasteiger charge is 2.15. The first-order valence-electron chi connectivity index (χ1n) is 6.24. The molecule has 122 valence electrons. The summed E-state index contributed by atoms with van der Waals surface area (Å²) in [7, 11) is -3.83. The topological polar surface area (TPSA) is 99.0 Å². The molecule has 0 heterocycles. The highest BCUT2D eigenvalue weighted by molar-refractivity contribution is 9.10. The van der Waals surface area contributed by atoms with Crippen LogP contribution >= 0.6 is 31.9 Å². The molecule has 0 amide bonds. The number of nitrogens with zero attached hydrogens (tertiary/aromatic N) is 1. The molecular formula is C14H12Br2N2O4S. The third-order valence-electron chi connectivity index (χ3n) is 2.90. The van der Waals surface area contributed by atoms with Gasteiger partial charge in [-0.05, 0) is 59.3 Å². The first kappa shape index (κ1) is 17.8. The van der Waals surface area contributed by atoms with Crippen molar-refractivity contribution < 1.29 is 18.6 Å². The Morgan fingerprint density at radius 2 is 1.74 bits per heavy atom. The number of halogens is 2. The molecule has 0 aliphatic heterocycles. The van der Waals surface area contributed by atoms with Crippen molar-refractivity contribution in [2.75, 3.05) is 0 Å². The Labute approximate surface area is 150 Å². The summed E-state index contributed by atoms with van der Waals surface area (Å²) >= 11 is 6.32. The number of benzene rings is 2. The maximum atomic E-state index is 12.1. The molecule has 0 fully saturated rings. The van der Waals surface area contributed by atoms with E-state index in [-0.39, 0.29) is 32.1 Å². The summed E-state index contributed by atoms with van der Waals surface area (Å²) in [5.74, 6) is -0.234. The van der Waals surface area contributed by atoms with E-state index < -0.39 is 10.0 Å². The first-order valence-corrected chi connectivity index (χ1v) is 9.31. The van der Waals surface area contributed by atoms with Gasteiger partial charge in [0.25, 0.3) is 10.0 Å². The van der Waals surface area contributed by atoms with Gasteiger partial charge in [-0.15, -0.1) is 0 Å². The number of phenolic OH excluding ortho intramolecular Hbond substituents is 2. The zero-order valence-corrected chi connectivity index (χ0v) is 15.8. The van der Waals surface area contributed by atoms with Crippen molar-refractivity contribution in [3.8, 4) is 11.5 Å². The molecule has 3 N–H and O–H groups in total. The molecule has 0 atom stereocenters. The number of nitrogens with one attached hydrogen (secondary N) is 1. The van der Waals surface area contributed by atoms with Crippen LogP contribution in [0.2, 0.25) is 0 Å². The van der Waals surface area contributed by atoms with Gasteiger partial charge in [0, 0.05) is 10.0 Å². The largest absolute Gasteiger partial charge is 0.508 e. The van der Waals surface area contributed by atoms with E-state index in [4.69, 9.17) is 0 Å². The van der Waals surface area contributed by atoms with E-state index in [1.165, 1.54) is 31.2 Å². The Kier molecular flexibility index (Phi) is 5.33. The average Bonchev–Trinajstić information content (AvgIpc) is 2.49. The SMILES string of the molecule is C/C(=N\NS(=O)(=O)c1ccc(Br)cc1)c1cc(O)cc(Br)c1O. The number of hydrogen-bond acceptors (Lipinski definition) is 5. The number of phenols is 2. The summed E-state index contributed by atoms with van der Waals surface area (Å²) in [5, 5.41) is 23.3. The standard InChI is InChI=1S/C14H12Br2N2O4S/c1-8(12-6-10(19)7-13(16)14(12)20)17-18-23(21,22)11-4-2-9(15)3-5-11/h2-7,18-20H,1H3/b17-8+. The van der Waals surface area contributed by atoms with Crippen LogP contribution in [-0.4, -0.2) is 24.3 Å². The van der Waals surface area contributed by atoms with Gasteiger partial charge >= 0.3 is 0 Å². The van der Waals surface area contributed by atoms with Crippen molar-refractivity contribution in [3.63, 3.8) is 0 Å². The van der Waals surface area contributed by atoms with Crippen molar-refractivity contribution in [3.05, 3.63) is 50.9 Å². The molecule has 6 nitrogen and oxygen atoms in total. The van der Waals surface area contributed by atoms with E-state index in [1.54, 1.807) is 12.1 Å². The average molecular weight is 464 g/mol. The fraction of sp³-hybridized carbons (Fsp3) is 0.0714. The van der Waals surface area contributed by atoms with Gasteiger partial charge in [-0.1, -0.05) is 15.9 Å². The van der Waals surface area contributed by atoms with Gasteiger partial charge in [0.05, 0.1) is 15.1 Å². The minimum atomic E-state index is -3.83. The summed E-state index contributed by atoms with van der Waals surface area (Å²) in [6.45, 7) is 1.50. The second-order valence-corrected chi connectivity index (χ2v) is 8.00. The van der Waals surface area contributed by atoms with Crippen LogP contribution in [0.4, 0.5) is 0 Å². The van der Waals surface area contributed by atoms with Gasteiger partial charge in [-0.3, -0.25) is 0 Å². The lowest BCUT2D eigenvalue weighted by molar-refractivity contribution is 0.456. The lowest BCUT2D eigenvalue weighted by Gasteiger charge is -2.08. The zero-order chi connectivity index (χ0) is 17.2. The van der Waals surface area contributed by atoms with Crippen molar-refractivity contribution >= 4 is 47.6 Å². The normalized spacial score (nSPS) is 12.2. The predicted molar refractivity (Wildman–Crippen MR) is 94.1 cm³/mol. The monoisotopic (exact) mass is 462 g/mol. The second kappa shape index (κ2) is 6.90. The lowest BCUT2D eigenvalue weighted by Crippen LogP contribution is -2.20. The van der Waals surface area contributed by atoms with E-state index in [1.807, 2.05) is 0 Å². The number of sulfonamides is 1. The molecule has 2 rings (SSSR count). The van der Waals surface area contributed by atoms with E-state index >= 15 is 0 Å². The summed E-state index contributed by atoms with van der Waals surface area (Å²) in [6.07, 6.45) is 0. The molecule has 0 saturated carbocycles. The van der Waals surface area contributed by atoms with E-state index in [0.717, 1.165) is 4.47 Å². The number of hydrogen-bond donors (Lipinski definition) is 3. The first-order chi connectivity index (χ1) is 10.7. The van der Waals surface area contributed by atoms with Crippen LogP contribution in [0.5, 0.6) is 11.5 Å². The minimum Gasteiger partial charge on any atom is -0.508 e. The zero-order valence-electron chi connectivity index (χ0n) is 11.8. The number of aromatic hydroxyl groups is 2. The maximum absolute atomic E-state index is 12.1. The summed E-state index contributed by atoms with van der Waals surface area (Å²) in [6, 6.07) is 8.66. The van der Waals surface area contributed by atoms with Crippen molar-refractivity contribution in [1.82, 2.24) is 4.83 Å². The minimum absolute atomic E-state index is 0.0542. The second-order valence-electron chi connectivity index (χ2n) is 4.57. The van der Waals surface area contributed by atoms with Gasteiger partial charge in [-0.2, -0.15) is 18.4 Å². The van der Waals surface area contributed by atoms with Crippen LogP contribution in [0.1, 0.15) is 12.5 Å². The number of rotatable bonds is 4. The predicted octanol–water partition coefficient (Wildman–Crippen LogP) is 3.33. The Morgan fingerprint density at radius 1 is 1.13 bits per heavy atom. The molecule has 9 heteroatoms. The Bertz CT molecular complexity index is 865. The quantitative estimate of drug-likeness (QED) is 0.368. The Morgan fingerprint density at radius 3 is 2.35 bits per heavy atom. The molecule has 0 aromatic heterocycles. The summed E-state index contributed by atoms with van der Waals surface area (Å²) in [4.78, 5) is 2.15. The van der Waals surface area contributed by atoms with E-state index in [0.29, 0.717) is 0 Å². The van der Waals surface area contributed by atoms with Crippen molar-refractivity contribution in [1.29, 1.82) is 0 Å². The van der Waals surface area contributed by atoms with Gasteiger partial charge < -0.3 is 10.2 Å².